The lowest BCUT2D eigenvalue weighted by atomic mass is 10.1. The van der Waals surface area contributed by atoms with E-state index in [9.17, 15) is 4.79 Å². The molecule has 0 N–H and O–H groups in total. The summed E-state index contributed by atoms with van der Waals surface area (Å²) < 4.78 is 0. The van der Waals surface area contributed by atoms with Gasteiger partial charge in [0.15, 0.2) is 0 Å². The summed E-state index contributed by atoms with van der Waals surface area (Å²) in [5, 5.41) is 0. The molecular weight excluding hydrogens is 234 g/mol. The van der Waals surface area contributed by atoms with Gasteiger partial charge in [-0.05, 0) is 37.2 Å². The Labute approximate surface area is 115 Å². The first-order valence-electron chi connectivity index (χ1n) is 7.04. The van der Waals surface area contributed by atoms with Crippen molar-refractivity contribution < 1.29 is 4.79 Å². The van der Waals surface area contributed by atoms with Crippen LogP contribution in [0.3, 0.4) is 0 Å². The fourth-order valence-corrected chi connectivity index (χ4v) is 2.22. The molecule has 0 aliphatic heterocycles. The Balaban J connectivity index is 1.74. The smallest absolute Gasteiger partial charge is 0.223 e. The maximum Gasteiger partial charge on any atom is 0.223 e. The lowest BCUT2D eigenvalue weighted by Crippen LogP contribution is -2.33. The molecule has 0 spiro atoms. The lowest BCUT2D eigenvalue weighted by Gasteiger charge is -2.20. The lowest BCUT2D eigenvalue weighted by molar-refractivity contribution is -0.130. The van der Waals surface area contributed by atoms with Crippen LogP contribution in [0.5, 0.6) is 0 Å². The number of nitrogens with zero attached hydrogens (tertiary/aromatic N) is 1. The van der Waals surface area contributed by atoms with E-state index in [2.05, 4.69) is 18.1 Å². The summed E-state index contributed by atoms with van der Waals surface area (Å²) in [6.45, 7) is 1.31. The first-order chi connectivity index (χ1) is 9.29. The Morgan fingerprint density at radius 2 is 2.05 bits per heavy atom. The fourth-order valence-electron chi connectivity index (χ4n) is 2.22. The third kappa shape index (κ3) is 4.79. The van der Waals surface area contributed by atoms with Gasteiger partial charge in [0, 0.05) is 13.0 Å². The molecule has 1 aromatic rings. The number of aryl methyl sites for hydroxylation is 1. The molecule has 19 heavy (non-hydrogen) atoms. The monoisotopic (exact) mass is 255 g/mol. The highest BCUT2D eigenvalue weighted by Crippen LogP contribution is 2.29. The highest BCUT2D eigenvalue weighted by Gasteiger charge is 2.25. The Morgan fingerprint density at radius 1 is 1.32 bits per heavy atom. The standard InChI is InChI=1S/C17H21NO/c1-2-13-18(14-16-11-12-16)17(19)10-6-9-15-7-4-3-5-8-15/h1,3-5,7-8,16H,6,9-14H2. The summed E-state index contributed by atoms with van der Waals surface area (Å²) in [7, 11) is 0. The van der Waals surface area contributed by atoms with Crippen molar-refractivity contribution in [1.82, 2.24) is 4.90 Å². The van der Waals surface area contributed by atoms with Crippen LogP contribution >= 0.6 is 0 Å². The second-order valence-corrected chi connectivity index (χ2v) is 5.26. The summed E-state index contributed by atoms with van der Waals surface area (Å²) in [6.07, 6.45) is 10.3. The first-order valence-corrected chi connectivity index (χ1v) is 7.04. The summed E-state index contributed by atoms with van der Waals surface area (Å²) in [6, 6.07) is 10.3. The third-order valence-electron chi connectivity index (χ3n) is 3.51. The number of amides is 1. The van der Waals surface area contributed by atoms with Gasteiger partial charge in [0.1, 0.15) is 0 Å². The van der Waals surface area contributed by atoms with Crippen molar-refractivity contribution in [1.29, 1.82) is 0 Å². The molecule has 2 rings (SSSR count). The average Bonchev–Trinajstić information content (AvgIpc) is 3.23. The number of terminal acetylenes is 1. The quantitative estimate of drug-likeness (QED) is 0.686. The second kappa shape index (κ2) is 6.99. The van der Waals surface area contributed by atoms with Gasteiger partial charge in [-0.1, -0.05) is 36.3 Å². The number of carbonyl (C=O) groups is 1. The molecule has 0 saturated heterocycles. The third-order valence-corrected chi connectivity index (χ3v) is 3.51. The average molecular weight is 255 g/mol. The van der Waals surface area contributed by atoms with E-state index in [4.69, 9.17) is 6.42 Å². The molecule has 2 heteroatoms. The van der Waals surface area contributed by atoms with Crippen LogP contribution in [0.4, 0.5) is 0 Å². The van der Waals surface area contributed by atoms with Gasteiger partial charge in [0.2, 0.25) is 5.91 Å². The molecule has 0 radical (unpaired) electrons. The van der Waals surface area contributed by atoms with Crippen LogP contribution in [0.1, 0.15) is 31.2 Å². The zero-order chi connectivity index (χ0) is 13.5. The van der Waals surface area contributed by atoms with Crippen molar-refractivity contribution >= 4 is 5.91 Å². The largest absolute Gasteiger partial charge is 0.331 e. The normalized spacial score (nSPS) is 13.8. The summed E-state index contributed by atoms with van der Waals surface area (Å²) in [5.74, 6) is 3.50. The predicted molar refractivity (Wildman–Crippen MR) is 77.5 cm³/mol. The molecule has 0 unspecified atom stereocenters. The van der Waals surface area contributed by atoms with Crippen molar-refractivity contribution in [2.45, 2.75) is 32.1 Å². The van der Waals surface area contributed by atoms with Gasteiger partial charge in [0.25, 0.3) is 0 Å². The van der Waals surface area contributed by atoms with E-state index >= 15 is 0 Å². The van der Waals surface area contributed by atoms with Crippen LogP contribution in [0.25, 0.3) is 0 Å². The van der Waals surface area contributed by atoms with E-state index in [1.54, 1.807) is 0 Å². The van der Waals surface area contributed by atoms with Crippen LogP contribution < -0.4 is 0 Å². The van der Waals surface area contributed by atoms with Gasteiger partial charge in [-0.2, -0.15) is 0 Å². The molecule has 1 amide bonds. The Hall–Kier alpha value is -1.75. The van der Waals surface area contributed by atoms with Crippen molar-refractivity contribution in [3.63, 3.8) is 0 Å². The van der Waals surface area contributed by atoms with Crippen LogP contribution in [0.2, 0.25) is 0 Å². The van der Waals surface area contributed by atoms with Gasteiger partial charge in [0.05, 0.1) is 6.54 Å². The maximum absolute atomic E-state index is 12.1. The number of rotatable bonds is 7. The van der Waals surface area contributed by atoms with E-state index in [1.807, 2.05) is 23.1 Å². The van der Waals surface area contributed by atoms with E-state index in [1.165, 1.54) is 18.4 Å². The predicted octanol–water partition coefficient (Wildman–Crippen LogP) is 2.88. The highest BCUT2D eigenvalue weighted by atomic mass is 16.2. The Bertz CT molecular complexity index is 442. The topological polar surface area (TPSA) is 20.3 Å². The molecule has 2 nitrogen and oxygen atoms in total. The summed E-state index contributed by atoms with van der Waals surface area (Å²) >= 11 is 0. The SMILES string of the molecule is C#CCN(CC1CC1)C(=O)CCCc1ccccc1. The van der Waals surface area contributed by atoms with Gasteiger partial charge in [-0.3, -0.25) is 4.79 Å². The Kier molecular flexibility index (Phi) is 5.03. The first kappa shape index (κ1) is 13.7. The minimum absolute atomic E-state index is 0.209. The maximum atomic E-state index is 12.1. The molecule has 0 atom stereocenters. The molecule has 0 aromatic heterocycles. The van der Waals surface area contributed by atoms with Crippen molar-refractivity contribution in [3.05, 3.63) is 35.9 Å². The van der Waals surface area contributed by atoms with Crippen molar-refractivity contribution in [2.24, 2.45) is 5.92 Å². The summed E-state index contributed by atoms with van der Waals surface area (Å²) in [4.78, 5) is 14.0. The van der Waals surface area contributed by atoms with Crippen LogP contribution in [0, 0.1) is 18.3 Å². The number of benzene rings is 1. The molecule has 1 aliphatic rings. The molecular formula is C17H21NO. The zero-order valence-corrected chi connectivity index (χ0v) is 11.3. The zero-order valence-electron chi connectivity index (χ0n) is 11.3. The molecule has 1 fully saturated rings. The number of carbonyl (C=O) groups excluding carboxylic acids is 1. The van der Waals surface area contributed by atoms with Crippen LogP contribution in [-0.2, 0) is 11.2 Å². The van der Waals surface area contributed by atoms with E-state index in [0.717, 1.165) is 19.4 Å². The van der Waals surface area contributed by atoms with E-state index in [0.29, 0.717) is 18.9 Å². The highest BCUT2D eigenvalue weighted by molar-refractivity contribution is 5.76. The van der Waals surface area contributed by atoms with Gasteiger partial charge in [-0.15, -0.1) is 6.42 Å². The number of hydrogen-bond donors (Lipinski definition) is 0. The molecule has 1 saturated carbocycles. The molecule has 0 bridgehead atoms. The minimum Gasteiger partial charge on any atom is -0.331 e. The van der Waals surface area contributed by atoms with Crippen molar-refractivity contribution in [2.75, 3.05) is 13.1 Å². The molecule has 100 valence electrons. The molecule has 1 aromatic carbocycles. The van der Waals surface area contributed by atoms with Crippen LogP contribution in [0.15, 0.2) is 30.3 Å². The summed E-state index contributed by atoms with van der Waals surface area (Å²) in [5.41, 5.74) is 1.29. The fraction of sp³-hybridized carbons (Fsp3) is 0.471. The molecule has 0 heterocycles. The van der Waals surface area contributed by atoms with E-state index < -0.39 is 0 Å². The number of hydrogen-bond acceptors (Lipinski definition) is 1. The van der Waals surface area contributed by atoms with Gasteiger partial charge >= 0.3 is 0 Å². The Morgan fingerprint density at radius 3 is 2.68 bits per heavy atom. The van der Waals surface area contributed by atoms with E-state index in [-0.39, 0.29) is 5.91 Å². The van der Waals surface area contributed by atoms with Crippen molar-refractivity contribution in [3.8, 4) is 12.3 Å². The van der Waals surface area contributed by atoms with Gasteiger partial charge in [-0.25, -0.2) is 0 Å². The minimum atomic E-state index is 0.209. The van der Waals surface area contributed by atoms with Crippen LogP contribution in [-0.4, -0.2) is 23.9 Å². The second-order valence-electron chi connectivity index (χ2n) is 5.26. The van der Waals surface area contributed by atoms with Gasteiger partial charge < -0.3 is 4.90 Å². The molecule has 1 aliphatic carbocycles.